The number of carbonyl (C=O) groups excluding carboxylic acids is 2. The van der Waals surface area contributed by atoms with E-state index in [0.29, 0.717) is 11.4 Å². The number of amides is 1. The Kier molecular flexibility index (Phi) is 5.11. The molecule has 6 nitrogen and oxygen atoms in total. The van der Waals surface area contributed by atoms with E-state index in [9.17, 15) is 9.59 Å². The van der Waals surface area contributed by atoms with E-state index in [1.165, 1.54) is 12.3 Å². The Morgan fingerprint density at radius 2 is 1.92 bits per heavy atom. The number of esters is 1. The van der Waals surface area contributed by atoms with E-state index in [-0.39, 0.29) is 5.57 Å². The van der Waals surface area contributed by atoms with Gasteiger partial charge in [0.05, 0.1) is 6.26 Å². The highest BCUT2D eigenvalue weighted by Crippen LogP contribution is 2.18. The van der Waals surface area contributed by atoms with Crippen molar-refractivity contribution in [1.82, 2.24) is 0 Å². The van der Waals surface area contributed by atoms with Gasteiger partial charge in [0.2, 0.25) is 0 Å². The van der Waals surface area contributed by atoms with E-state index < -0.39 is 18.5 Å². The standard InChI is InChI=1S/C20H14N2O4/c21-12-16(11-18-6-3-9-25-18)20(24)26-13-19(23)22-17-8-7-14-4-1-2-5-15(14)10-17/h1-11H,13H2,(H,22,23)/b16-11+. The van der Waals surface area contributed by atoms with Crippen LogP contribution in [0.3, 0.4) is 0 Å². The summed E-state index contributed by atoms with van der Waals surface area (Å²) < 4.78 is 9.92. The number of rotatable bonds is 5. The van der Waals surface area contributed by atoms with Crippen molar-refractivity contribution < 1.29 is 18.7 Å². The predicted octanol–water partition coefficient (Wildman–Crippen LogP) is 3.52. The van der Waals surface area contributed by atoms with E-state index in [1.807, 2.05) is 36.4 Å². The molecule has 0 aliphatic carbocycles. The molecule has 3 rings (SSSR count). The van der Waals surface area contributed by atoms with Gasteiger partial charge in [0.15, 0.2) is 6.61 Å². The van der Waals surface area contributed by atoms with Gasteiger partial charge in [-0.1, -0.05) is 30.3 Å². The van der Waals surface area contributed by atoms with Crippen molar-refractivity contribution in [3.63, 3.8) is 0 Å². The highest BCUT2D eigenvalue weighted by molar-refractivity contribution is 6.00. The Balaban J connectivity index is 1.59. The number of benzene rings is 2. The van der Waals surface area contributed by atoms with Crippen LogP contribution in [0.15, 0.2) is 70.9 Å². The average Bonchev–Trinajstić information content (AvgIpc) is 3.17. The topological polar surface area (TPSA) is 92.3 Å². The van der Waals surface area contributed by atoms with Crippen LogP contribution in [-0.4, -0.2) is 18.5 Å². The number of anilines is 1. The Bertz CT molecular complexity index is 1010. The number of ether oxygens (including phenoxy) is 1. The van der Waals surface area contributed by atoms with E-state index in [4.69, 9.17) is 14.4 Å². The molecule has 0 spiro atoms. The van der Waals surface area contributed by atoms with Gasteiger partial charge >= 0.3 is 5.97 Å². The molecule has 2 aromatic carbocycles. The maximum absolute atomic E-state index is 12.0. The lowest BCUT2D eigenvalue weighted by Crippen LogP contribution is -2.21. The van der Waals surface area contributed by atoms with Crippen LogP contribution in [0.5, 0.6) is 0 Å². The molecule has 128 valence electrons. The summed E-state index contributed by atoms with van der Waals surface area (Å²) in [6.07, 6.45) is 2.67. The molecule has 0 aliphatic heterocycles. The largest absolute Gasteiger partial charge is 0.465 e. The molecule has 26 heavy (non-hydrogen) atoms. The van der Waals surface area contributed by atoms with Gasteiger partial charge < -0.3 is 14.5 Å². The minimum Gasteiger partial charge on any atom is -0.465 e. The number of nitrogens with one attached hydrogen (secondary N) is 1. The molecule has 3 aromatic rings. The first kappa shape index (κ1) is 17.0. The van der Waals surface area contributed by atoms with Crippen LogP contribution in [0.4, 0.5) is 5.69 Å². The molecule has 0 unspecified atom stereocenters. The van der Waals surface area contributed by atoms with Crippen molar-refractivity contribution in [2.24, 2.45) is 0 Å². The summed E-state index contributed by atoms with van der Waals surface area (Å²) in [5.74, 6) is -1.04. The smallest absolute Gasteiger partial charge is 0.349 e. The van der Waals surface area contributed by atoms with E-state index in [2.05, 4.69) is 5.32 Å². The SMILES string of the molecule is N#C/C(=C\c1ccco1)C(=O)OCC(=O)Nc1ccc2ccccc2c1. The second-order valence-corrected chi connectivity index (χ2v) is 5.37. The molecule has 1 N–H and O–H groups in total. The number of hydrogen-bond acceptors (Lipinski definition) is 5. The highest BCUT2D eigenvalue weighted by Gasteiger charge is 2.14. The zero-order valence-corrected chi connectivity index (χ0v) is 13.6. The number of carbonyl (C=O) groups is 2. The second-order valence-electron chi connectivity index (χ2n) is 5.37. The van der Waals surface area contributed by atoms with Gasteiger partial charge in [0.25, 0.3) is 5.91 Å². The van der Waals surface area contributed by atoms with Crippen molar-refractivity contribution in [3.8, 4) is 6.07 Å². The lowest BCUT2D eigenvalue weighted by Gasteiger charge is -2.07. The molecular formula is C20H14N2O4. The summed E-state index contributed by atoms with van der Waals surface area (Å²) in [5, 5.41) is 13.7. The number of hydrogen-bond donors (Lipinski definition) is 1. The van der Waals surface area contributed by atoms with Gasteiger partial charge in [-0.05, 0) is 35.0 Å². The second kappa shape index (κ2) is 7.81. The lowest BCUT2D eigenvalue weighted by atomic mass is 10.1. The van der Waals surface area contributed by atoms with E-state index in [1.54, 1.807) is 24.3 Å². The van der Waals surface area contributed by atoms with Crippen molar-refractivity contribution >= 4 is 34.4 Å². The predicted molar refractivity (Wildman–Crippen MR) is 95.8 cm³/mol. The van der Waals surface area contributed by atoms with Gasteiger partial charge in [-0.3, -0.25) is 4.79 Å². The monoisotopic (exact) mass is 346 g/mol. The van der Waals surface area contributed by atoms with Gasteiger partial charge in [-0.15, -0.1) is 0 Å². The van der Waals surface area contributed by atoms with E-state index >= 15 is 0 Å². The summed E-state index contributed by atoms with van der Waals surface area (Å²) in [7, 11) is 0. The zero-order valence-electron chi connectivity index (χ0n) is 13.6. The Labute approximate surface area is 149 Å². The Hall–Kier alpha value is -3.85. The molecular weight excluding hydrogens is 332 g/mol. The summed E-state index contributed by atoms with van der Waals surface area (Å²) in [5.41, 5.74) is 0.342. The molecule has 6 heteroatoms. The van der Waals surface area contributed by atoms with Crippen LogP contribution >= 0.6 is 0 Å². The summed E-state index contributed by atoms with van der Waals surface area (Å²) >= 11 is 0. The number of fused-ring (bicyclic) bond motifs is 1. The normalized spacial score (nSPS) is 11.0. The quantitative estimate of drug-likeness (QED) is 0.433. The van der Waals surface area contributed by atoms with Crippen LogP contribution < -0.4 is 5.32 Å². The van der Waals surface area contributed by atoms with Gasteiger partial charge in [-0.2, -0.15) is 5.26 Å². The number of nitrogens with zero attached hydrogens (tertiary/aromatic N) is 1. The highest BCUT2D eigenvalue weighted by atomic mass is 16.5. The van der Waals surface area contributed by atoms with Gasteiger partial charge in [0, 0.05) is 11.8 Å². The Morgan fingerprint density at radius 1 is 1.12 bits per heavy atom. The minimum atomic E-state index is -0.891. The summed E-state index contributed by atoms with van der Waals surface area (Å²) in [4.78, 5) is 23.9. The molecule has 1 heterocycles. The molecule has 0 saturated carbocycles. The summed E-state index contributed by atoms with van der Waals surface area (Å²) in [6, 6.07) is 18.2. The summed E-state index contributed by atoms with van der Waals surface area (Å²) in [6.45, 7) is -0.497. The fourth-order valence-corrected chi connectivity index (χ4v) is 2.33. The molecule has 0 saturated heterocycles. The van der Waals surface area contributed by atoms with Crippen molar-refractivity contribution in [2.75, 3.05) is 11.9 Å². The average molecular weight is 346 g/mol. The molecule has 0 atom stereocenters. The van der Waals surface area contributed by atoms with E-state index in [0.717, 1.165) is 10.8 Å². The van der Waals surface area contributed by atoms with Crippen LogP contribution in [0.25, 0.3) is 16.8 Å². The van der Waals surface area contributed by atoms with Crippen molar-refractivity contribution in [3.05, 3.63) is 72.2 Å². The minimum absolute atomic E-state index is 0.251. The molecule has 1 aromatic heterocycles. The maximum atomic E-state index is 12.0. The van der Waals surface area contributed by atoms with Crippen molar-refractivity contribution in [1.29, 1.82) is 5.26 Å². The number of furan rings is 1. The lowest BCUT2D eigenvalue weighted by molar-refractivity contribution is -0.142. The van der Waals surface area contributed by atoms with Crippen molar-refractivity contribution in [2.45, 2.75) is 0 Å². The third-order valence-corrected chi connectivity index (χ3v) is 3.54. The maximum Gasteiger partial charge on any atom is 0.349 e. The first-order chi connectivity index (χ1) is 12.7. The van der Waals surface area contributed by atoms with Gasteiger partial charge in [0.1, 0.15) is 17.4 Å². The number of nitriles is 1. The molecule has 0 fully saturated rings. The van der Waals surface area contributed by atoms with Crippen LogP contribution in [-0.2, 0) is 14.3 Å². The zero-order chi connectivity index (χ0) is 18.4. The fraction of sp³-hybridized carbons (Fsp3) is 0.0500. The molecule has 0 radical (unpaired) electrons. The van der Waals surface area contributed by atoms with Crippen LogP contribution in [0.1, 0.15) is 5.76 Å². The molecule has 1 amide bonds. The van der Waals surface area contributed by atoms with Crippen LogP contribution in [0.2, 0.25) is 0 Å². The third-order valence-electron chi connectivity index (χ3n) is 3.54. The first-order valence-electron chi connectivity index (χ1n) is 7.77. The molecule has 0 aliphatic rings. The fourth-order valence-electron chi connectivity index (χ4n) is 2.33. The first-order valence-corrected chi connectivity index (χ1v) is 7.77. The Morgan fingerprint density at radius 3 is 2.65 bits per heavy atom. The molecule has 0 bridgehead atoms. The van der Waals surface area contributed by atoms with Gasteiger partial charge in [-0.25, -0.2) is 4.79 Å². The van der Waals surface area contributed by atoms with Crippen LogP contribution in [0, 0.1) is 11.3 Å². The third kappa shape index (κ3) is 4.16.